The maximum absolute atomic E-state index is 14.0. The van der Waals surface area contributed by atoms with E-state index in [1.54, 1.807) is 21.9 Å². The number of hydrogen-bond acceptors (Lipinski definition) is 10. The molecule has 0 spiro atoms. The Labute approximate surface area is 358 Å². The van der Waals surface area contributed by atoms with E-state index in [9.17, 15) is 24.0 Å². The molecule has 6 rings (SSSR count). The summed E-state index contributed by atoms with van der Waals surface area (Å²) in [7, 11) is 0. The van der Waals surface area contributed by atoms with Crippen LogP contribution in [0.4, 0.5) is 15.3 Å². The van der Waals surface area contributed by atoms with E-state index in [1.165, 1.54) is 0 Å². The van der Waals surface area contributed by atoms with Crippen LogP contribution in [0.1, 0.15) is 95.1 Å². The van der Waals surface area contributed by atoms with E-state index >= 15 is 0 Å². The minimum Gasteiger partial charge on any atom is -0.444 e. The van der Waals surface area contributed by atoms with Crippen LogP contribution in [-0.4, -0.2) is 96.0 Å². The Balaban J connectivity index is 1.11. The molecule has 2 aliphatic heterocycles. The smallest absolute Gasteiger partial charge is 0.410 e. The van der Waals surface area contributed by atoms with Gasteiger partial charge in [0.1, 0.15) is 17.0 Å². The fourth-order valence-corrected chi connectivity index (χ4v) is 7.84. The van der Waals surface area contributed by atoms with Crippen molar-refractivity contribution in [2.75, 3.05) is 44.7 Å². The zero-order chi connectivity index (χ0) is 43.7. The number of carbonyl (C=O) groups is 5. The van der Waals surface area contributed by atoms with Gasteiger partial charge in [-0.3, -0.25) is 14.4 Å². The number of piperazine rings is 1. The molecular formula is C47H59N7O7. The number of carbonyl (C=O) groups excluding carboxylic acids is 5. The van der Waals surface area contributed by atoms with Gasteiger partial charge in [-0.05, 0) is 127 Å². The molecule has 1 atom stereocenters. The van der Waals surface area contributed by atoms with Gasteiger partial charge in [0.05, 0.1) is 0 Å². The van der Waals surface area contributed by atoms with Gasteiger partial charge in [0.15, 0.2) is 12.5 Å². The summed E-state index contributed by atoms with van der Waals surface area (Å²) in [5.74, 6) is -0.290. The van der Waals surface area contributed by atoms with Crippen LogP contribution in [0, 0.1) is 17.8 Å². The van der Waals surface area contributed by atoms with E-state index < -0.39 is 23.2 Å². The van der Waals surface area contributed by atoms with Crippen molar-refractivity contribution >= 4 is 41.3 Å². The van der Waals surface area contributed by atoms with Gasteiger partial charge >= 0.3 is 12.2 Å². The van der Waals surface area contributed by atoms with Gasteiger partial charge in [0.25, 0.3) is 5.91 Å². The predicted octanol–water partition coefficient (Wildman–Crippen LogP) is 8.30. The summed E-state index contributed by atoms with van der Waals surface area (Å²) in [6.07, 6.45) is 2.60. The van der Waals surface area contributed by atoms with Crippen LogP contribution >= 0.6 is 0 Å². The minimum absolute atomic E-state index is 0.0645. The van der Waals surface area contributed by atoms with Crippen molar-refractivity contribution in [3.8, 4) is 11.1 Å². The van der Waals surface area contributed by atoms with Crippen LogP contribution in [0.5, 0.6) is 0 Å². The van der Waals surface area contributed by atoms with E-state index in [2.05, 4.69) is 25.9 Å². The third-order valence-corrected chi connectivity index (χ3v) is 11.0. The maximum atomic E-state index is 14.0. The summed E-state index contributed by atoms with van der Waals surface area (Å²) < 4.78 is 10.9. The first kappa shape index (κ1) is 44.6. The highest BCUT2D eigenvalue weighted by Crippen LogP contribution is 2.32. The highest BCUT2D eigenvalue weighted by molar-refractivity contribution is 6.02. The number of nitrogens with zero attached hydrogens (tertiary/aromatic N) is 5. The molecule has 14 heteroatoms. The number of hydrogen-bond donors (Lipinski definition) is 2. The molecule has 2 fully saturated rings. The summed E-state index contributed by atoms with van der Waals surface area (Å²) >= 11 is 0. The second-order valence-electron chi connectivity index (χ2n) is 18.1. The molecule has 1 aliphatic carbocycles. The number of amides is 4. The summed E-state index contributed by atoms with van der Waals surface area (Å²) in [6, 6.07) is 22.6. The standard InChI is InChI=1S/C47H59N7O7/c1-46(2,3)60-44(58)48-29-32-13-17-34(18-14-32)40(55)28-36(42(56)51-37-21-19-35(20-22-37)41-49-30-50-52-41)27-31-11-15-33(16-12-31)38-9-7-8-10-39(38)43(57)53-23-25-54(26-24-53)45(59)61-47(4,5)6/h7-12,15-16,19-22,32,34,36H,13-14,17-18,23-30H2,1-6H3,(H,48,58)(H,51,56)/t32?,34?,36-/m1/s1. The Bertz CT molecular complexity index is 2100. The van der Waals surface area contributed by atoms with E-state index in [1.807, 2.05) is 102 Å². The summed E-state index contributed by atoms with van der Waals surface area (Å²) in [5.41, 5.74) is 3.31. The van der Waals surface area contributed by atoms with Crippen molar-refractivity contribution in [1.29, 1.82) is 0 Å². The van der Waals surface area contributed by atoms with Crippen molar-refractivity contribution in [3.05, 3.63) is 89.5 Å². The summed E-state index contributed by atoms with van der Waals surface area (Å²) in [4.78, 5) is 74.2. The average Bonchev–Trinajstić information content (AvgIpc) is 3.77. The molecule has 2 N–H and O–H groups in total. The Morgan fingerprint density at radius 1 is 0.754 bits per heavy atom. The highest BCUT2D eigenvalue weighted by atomic mass is 16.6. The van der Waals surface area contributed by atoms with Gasteiger partial charge in [-0.15, -0.1) is 5.11 Å². The molecule has 4 amide bonds. The van der Waals surface area contributed by atoms with Crippen LogP contribution in [0.25, 0.3) is 11.1 Å². The minimum atomic E-state index is -0.634. The zero-order valence-corrected chi connectivity index (χ0v) is 36.2. The first-order valence-corrected chi connectivity index (χ1v) is 21.3. The Hall–Kier alpha value is -5.92. The van der Waals surface area contributed by atoms with Gasteiger partial charge in [-0.1, -0.05) is 42.5 Å². The number of Topliss-reactive ketones (excluding diaryl/α,β-unsaturated/α-hetero) is 1. The Morgan fingerprint density at radius 3 is 2.00 bits per heavy atom. The van der Waals surface area contributed by atoms with Crippen molar-refractivity contribution in [2.45, 2.75) is 91.3 Å². The molecule has 3 aliphatic rings. The van der Waals surface area contributed by atoms with Crippen LogP contribution in [-0.2, 0) is 25.5 Å². The average molecular weight is 834 g/mol. The lowest BCUT2D eigenvalue weighted by atomic mass is 9.77. The molecule has 1 saturated carbocycles. The van der Waals surface area contributed by atoms with Crippen molar-refractivity contribution < 1.29 is 33.4 Å². The second kappa shape index (κ2) is 19.6. The molecule has 0 unspecified atom stereocenters. The molecule has 3 aromatic carbocycles. The third kappa shape index (κ3) is 12.8. The molecule has 324 valence electrons. The summed E-state index contributed by atoms with van der Waals surface area (Å²) in [6.45, 7) is 13.3. The van der Waals surface area contributed by atoms with Crippen LogP contribution in [0.2, 0.25) is 0 Å². The third-order valence-electron chi connectivity index (χ3n) is 11.0. The van der Waals surface area contributed by atoms with E-state index in [0.717, 1.165) is 35.1 Å². The molecule has 0 aromatic heterocycles. The highest BCUT2D eigenvalue weighted by Gasteiger charge is 2.32. The fourth-order valence-electron chi connectivity index (χ4n) is 7.84. The number of rotatable bonds is 12. The SMILES string of the molecule is CC(C)(C)OC(=O)NCC1CCC(C(=O)C[C@@H](Cc2ccc(-c3ccccc3C(=O)N3CCN(C(=O)OC(C)(C)C)CC3)cc2)C(=O)Nc2ccc(C3=NCN=N3)cc2)CC1. The maximum Gasteiger partial charge on any atom is 0.410 e. The summed E-state index contributed by atoms with van der Waals surface area (Å²) in [5, 5.41) is 13.9. The first-order valence-electron chi connectivity index (χ1n) is 21.3. The number of nitrogens with one attached hydrogen (secondary N) is 2. The van der Waals surface area contributed by atoms with Gasteiger partial charge in [0, 0.05) is 67.8 Å². The van der Waals surface area contributed by atoms with Crippen molar-refractivity contribution in [1.82, 2.24) is 15.1 Å². The molecule has 14 nitrogen and oxygen atoms in total. The number of ketones is 1. The molecule has 2 heterocycles. The van der Waals surface area contributed by atoms with Crippen molar-refractivity contribution in [2.24, 2.45) is 33.0 Å². The number of aliphatic imine (C=N–C) groups is 1. The Kier molecular flexibility index (Phi) is 14.4. The predicted molar refractivity (Wildman–Crippen MR) is 233 cm³/mol. The molecule has 0 bridgehead atoms. The van der Waals surface area contributed by atoms with Crippen LogP contribution in [0.3, 0.4) is 0 Å². The molecule has 61 heavy (non-hydrogen) atoms. The van der Waals surface area contributed by atoms with Gasteiger partial charge < -0.3 is 29.9 Å². The van der Waals surface area contributed by atoms with Crippen LogP contribution in [0.15, 0.2) is 88.0 Å². The van der Waals surface area contributed by atoms with Gasteiger partial charge in [-0.25, -0.2) is 14.6 Å². The molecular weight excluding hydrogens is 775 g/mol. The lowest BCUT2D eigenvalue weighted by Crippen LogP contribution is -2.51. The zero-order valence-electron chi connectivity index (χ0n) is 36.2. The normalized spacial score (nSPS) is 18.5. The van der Waals surface area contributed by atoms with E-state index in [0.29, 0.717) is 75.7 Å². The van der Waals surface area contributed by atoms with Crippen molar-refractivity contribution in [3.63, 3.8) is 0 Å². The number of ether oxygens (including phenoxy) is 2. The quantitative estimate of drug-likeness (QED) is 0.185. The van der Waals surface area contributed by atoms with Crippen LogP contribution < -0.4 is 10.6 Å². The lowest BCUT2D eigenvalue weighted by molar-refractivity contribution is -0.129. The molecule has 0 radical (unpaired) electrons. The monoisotopic (exact) mass is 833 g/mol. The van der Waals surface area contributed by atoms with Gasteiger partial charge in [-0.2, -0.15) is 5.11 Å². The first-order chi connectivity index (χ1) is 29.0. The number of azo groups is 1. The number of benzene rings is 3. The van der Waals surface area contributed by atoms with Gasteiger partial charge in [0.2, 0.25) is 5.91 Å². The van der Waals surface area contributed by atoms with E-state index in [-0.39, 0.29) is 41.9 Å². The lowest BCUT2D eigenvalue weighted by Gasteiger charge is -2.35. The number of amidine groups is 1. The fraction of sp³-hybridized carbons (Fsp3) is 0.489. The number of alkyl carbamates (subject to hydrolysis) is 1. The number of anilines is 1. The second-order valence-corrected chi connectivity index (χ2v) is 18.1. The molecule has 3 aromatic rings. The largest absolute Gasteiger partial charge is 0.444 e. The molecule has 1 saturated heterocycles. The topological polar surface area (TPSA) is 171 Å². The Morgan fingerprint density at radius 2 is 1.38 bits per heavy atom. The van der Waals surface area contributed by atoms with E-state index in [4.69, 9.17) is 9.47 Å².